The smallest absolute Gasteiger partial charge is 0.416 e. The Morgan fingerprint density at radius 3 is 2.50 bits per heavy atom. The van der Waals surface area contributed by atoms with Gasteiger partial charge in [-0.1, -0.05) is 0 Å². The Labute approximate surface area is 190 Å². The zero-order chi connectivity index (χ0) is 24.8. The highest BCUT2D eigenvalue weighted by Gasteiger charge is 2.50. The highest BCUT2D eigenvalue weighted by Crippen LogP contribution is 2.47. The number of nitrogens with one attached hydrogen (secondary N) is 3. The summed E-state index contributed by atoms with van der Waals surface area (Å²) < 4.78 is 87.2. The van der Waals surface area contributed by atoms with Gasteiger partial charge in [0.15, 0.2) is 0 Å². The van der Waals surface area contributed by atoms with Crippen LogP contribution in [0.25, 0.3) is 0 Å². The van der Waals surface area contributed by atoms with E-state index < -0.39 is 64.9 Å². The van der Waals surface area contributed by atoms with E-state index in [9.17, 15) is 35.9 Å². The van der Waals surface area contributed by atoms with Crippen LogP contribution in [-0.2, 0) is 21.2 Å². The summed E-state index contributed by atoms with van der Waals surface area (Å²) in [5.74, 6) is -4.94. The number of ether oxygens (including phenoxy) is 1. The number of allylic oxidation sites excluding steroid dienone is 3. The first-order valence-electron chi connectivity index (χ1n) is 10.5. The van der Waals surface area contributed by atoms with Crippen molar-refractivity contribution < 1.29 is 40.7 Å². The Balaban J connectivity index is 1.49. The lowest BCUT2D eigenvalue weighted by atomic mass is 9.81. The number of carbonyl (C=O) groups is 2. The first-order valence-corrected chi connectivity index (χ1v) is 10.5. The summed E-state index contributed by atoms with van der Waals surface area (Å²) in [7, 11) is 1.25. The van der Waals surface area contributed by atoms with Crippen molar-refractivity contribution in [3.63, 3.8) is 0 Å². The highest BCUT2D eigenvalue weighted by molar-refractivity contribution is 5.89. The van der Waals surface area contributed by atoms with Gasteiger partial charge in [-0.05, 0) is 42.7 Å². The summed E-state index contributed by atoms with van der Waals surface area (Å²) in [6.45, 7) is -0.101. The number of hydrogen-bond acceptors (Lipinski definition) is 3. The monoisotopic (exact) mass is 489 g/mol. The van der Waals surface area contributed by atoms with E-state index in [0.29, 0.717) is 6.07 Å². The summed E-state index contributed by atoms with van der Waals surface area (Å²) in [6.07, 6.45) is -4.02. The molecule has 2 unspecified atom stereocenters. The Kier molecular flexibility index (Phi) is 6.03. The Hall–Kier alpha value is -3.18. The number of halogens is 6. The molecule has 34 heavy (non-hydrogen) atoms. The van der Waals surface area contributed by atoms with Gasteiger partial charge in [-0.2, -0.15) is 13.2 Å². The lowest BCUT2D eigenvalue weighted by molar-refractivity contribution is -0.137. The van der Waals surface area contributed by atoms with Crippen LogP contribution in [0.3, 0.4) is 0 Å². The number of methoxy groups -OCH3 is 1. The largest absolute Gasteiger partial charge is 0.497 e. The fourth-order valence-electron chi connectivity index (χ4n) is 4.44. The van der Waals surface area contributed by atoms with Gasteiger partial charge in [0.05, 0.1) is 24.1 Å². The van der Waals surface area contributed by atoms with Crippen LogP contribution in [0.15, 0.2) is 41.9 Å². The molecule has 3 aliphatic rings. The van der Waals surface area contributed by atoms with Crippen molar-refractivity contribution in [1.29, 1.82) is 0 Å². The molecule has 0 aromatic heterocycles. The summed E-state index contributed by atoms with van der Waals surface area (Å²) in [4.78, 5) is 25.0. The van der Waals surface area contributed by atoms with Crippen molar-refractivity contribution in [2.24, 2.45) is 11.8 Å². The average molecular weight is 489 g/mol. The molecule has 0 bridgehead atoms. The fraction of sp³-hybridized carbons (Fsp3) is 0.455. The Morgan fingerprint density at radius 1 is 1.21 bits per heavy atom. The molecule has 2 fully saturated rings. The van der Waals surface area contributed by atoms with Gasteiger partial charge in [0.1, 0.15) is 29.6 Å². The third-order valence-corrected chi connectivity index (χ3v) is 6.35. The van der Waals surface area contributed by atoms with Crippen LogP contribution in [0.2, 0.25) is 0 Å². The highest BCUT2D eigenvalue weighted by atomic mass is 19.4. The van der Waals surface area contributed by atoms with Gasteiger partial charge < -0.3 is 20.7 Å². The van der Waals surface area contributed by atoms with Crippen molar-refractivity contribution >= 4 is 11.9 Å². The van der Waals surface area contributed by atoms with E-state index >= 15 is 0 Å². The predicted octanol–water partition coefficient (Wildman–Crippen LogP) is 3.60. The van der Waals surface area contributed by atoms with Crippen molar-refractivity contribution in [2.75, 3.05) is 13.7 Å². The molecule has 3 N–H and O–H groups in total. The molecule has 1 heterocycles. The van der Waals surface area contributed by atoms with Crippen molar-refractivity contribution in [3.8, 4) is 0 Å². The predicted molar refractivity (Wildman–Crippen MR) is 107 cm³/mol. The van der Waals surface area contributed by atoms with Gasteiger partial charge in [-0.15, -0.1) is 0 Å². The molecule has 3 amide bonds. The van der Waals surface area contributed by atoms with Gasteiger partial charge in [0, 0.05) is 18.5 Å². The van der Waals surface area contributed by atoms with Crippen LogP contribution >= 0.6 is 0 Å². The zero-order valence-corrected chi connectivity index (χ0v) is 17.8. The third-order valence-electron chi connectivity index (χ3n) is 6.35. The lowest BCUT2D eigenvalue weighted by Gasteiger charge is -2.30. The number of alkyl halides is 4. The molecule has 4 atom stereocenters. The summed E-state index contributed by atoms with van der Waals surface area (Å²) in [6, 6.07) is -0.198. The topological polar surface area (TPSA) is 79.5 Å². The SMILES string of the molecule is COC1=CC(F)C([C@@H]2CNC(=O)[C@H]2NC(=O)NC2(c3cc(F)cc(C(F)(F)F)c3)CC2)C(F)=C1. The van der Waals surface area contributed by atoms with E-state index in [1.807, 2.05) is 0 Å². The molecule has 6 nitrogen and oxygen atoms in total. The standard InChI is InChI=1S/C22H21F6N3O3/c1-34-13-7-15(24)17(16(25)8-13)14-9-29-19(32)18(14)30-20(33)31-21(2-3-21)10-4-11(22(26,27)28)6-12(23)5-10/h4-8,14-15,17-18H,2-3,9H2,1H3,(H,29,32)(H2,30,31,33)/t14-,15?,17?,18-/m0/s1. The molecule has 1 aromatic rings. The lowest BCUT2D eigenvalue weighted by Crippen LogP contribution is -2.52. The normalized spacial score (nSPS) is 27.9. The van der Waals surface area contributed by atoms with Crippen LogP contribution in [0.1, 0.15) is 24.0 Å². The molecular formula is C22H21F6N3O3. The second kappa shape index (κ2) is 8.55. The van der Waals surface area contributed by atoms with Gasteiger partial charge >= 0.3 is 12.2 Å². The number of urea groups is 1. The molecule has 1 aliphatic heterocycles. The second-order valence-electron chi connectivity index (χ2n) is 8.57. The maximum Gasteiger partial charge on any atom is 0.416 e. The number of amides is 3. The summed E-state index contributed by atoms with van der Waals surface area (Å²) in [5.41, 5.74) is -2.50. The minimum absolute atomic E-state index is 0.00946. The molecular weight excluding hydrogens is 468 g/mol. The summed E-state index contributed by atoms with van der Waals surface area (Å²) in [5, 5.41) is 7.34. The van der Waals surface area contributed by atoms with E-state index in [1.54, 1.807) is 0 Å². The summed E-state index contributed by atoms with van der Waals surface area (Å²) >= 11 is 0. The third kappa shape index (κ3) is 4.58. The first-order chi connectivity index (χ1) is 15.9. The Bertz CT molecular complexity index is 1070. The number of benzene rings is 1. The van der Waals surface area contributed by atoms with Crippen molar-refractivity contribution in [2.45, 2.75) is 36.8 Å². The molecule has 2 aliphatic carbocycles. The van der Waals surface area contributed by atoms with E-state index in [1.165, 1.54) is 7.11 Å². The van der Waals surface area contributed by atoms with E-state index in [2.05, 4.69) is 16.0 Å². The van der Waals surface area contributed by atoms with Gasteiger partial charge in [-0.25, -0.2) is 18.0 Å². The van der Waals surface area contributed by atoms with Gasteiger partial charge in [0.2, 0.25) is 5.91 Å². The van der Waals surface area contributed by atoms with E-state index in [-0.39, 0.29) is 30.7 Å². The minimum Gasteiger partial charge on any atom is -0.497 e. The van der Waals surface area contributed by atoms with Crippen LogP contribution in [0, 0.1) is 17.7 Å². The van der Waals surface area contributed by atoms with E-state index in [4.69, 9.17) is 4.74 Å². The van der Waals surface area contributed by atoms with Crippen LogP contribution in [-0.4, -0.2) is 37.8 Å². The maximum atomic E-state index is 14.7. The Morgan fingerprint density at radius 2 is 1.91 bits per heavy atom. The van der Waals surface area contributed by atoms with Gasteiger partial charge in [0.25, 0.3) is 0 Å². The molecule has 0 spiro atoms. The van der Waals surface area contributed by atoms with Gasteiger partial charge in [-0.3, -0.25) is 4.79 Å². The van der Waals surface area contributed by atoms with Crippen molar-refractivity contribution in [3.05, 3.63) is 58.9 Å². The average Bonchev–Trinajstić information content (AvgIpc) is 3.45. The fourth-order valence-corrected chi connectivity index (χ4v) is 4.44. The number of carbonyl (C=O) groups excluding carboxylic acids is 2. The number of rotatable bonds is 5. The first kappa shape index (κ1) is 24.0. The quantitative estimate of drug-likeness (QED) is 0.554. The molecule has 184 valence electrons. The molecule has 12 heteroatoms. The number of hydrogen-bond donors (Lipinski definition) is 3. The molecule has 1 aromatic carbocycles. The second-order valence-corrected chi connectivity index (χ2v) is 8.57. The van der Waals surface area contributed by atoms with Crippen molar-refractivity contribution in [1.82, 2.24) is 16.0 Å². The minimum atomic E-state index is -4.78. The van der Waals surface area contributed by atoms with Crippen LogP contribution in [0.5, 0.6) is 0 Å². The van der Waals surface area contributed by atoms with Crippen LogP contribution in [0.4, 0.5) is 31.1 Å². The molecule has 4 rings (SSSR count). The van der Waals surface area contributed by atoms with Crippen LogP contribution < -0.4 is 16.0 Å². The molecule has 0 radical (unpaired) electrons. The molecule has 1 saturated heterocycles. The zero-order valence-electron chi connectivity index (χ0n) is 17.8. The maximum absolute atomic E-state index is 14.7. The van der Waals surface area contributed by atoms with E-state index in [0.717, 1.165) is 24.3 Å². The molecule has 1 saturated carbocycles.